The van der Waals surface area contributed by atoms with E-state index in [9.17, 15) is 55.9 Å². The molecule has 0 saturated carbocycles. The lowest BCUT2D eigenvalue weighted by Crippen LogP contribution is -2.83. The molecule has 2 fully saturated rings. The quantitative estimate of drug-likeness (QED) is 0.0349. The molecule has 0 aliphatic carbocycles. The Morgan fingerprint density at radius 1 is 0.898 bits per heavy atom. The van der Waals surface area contributed by atoms with Crippen molar-refractivity contribution in [2.45, 2.75) is 161 Å². The summed E-state index contributed by atoms with van der Waals surface area (Å²) in [6.45, 7) is -0.906. The molecule has 0 aromatic rings. The van der Waals surface area contributed by atoms with Gasteiger partial charge in [0.2, 0.25) is 5.78 Å². The number of ketones is 1. The number of carbonyl (C=O) groups excluding carboxylic acids is 1. The van der Waals surface area contributed by atoms with E-state index in [0.717, 1.165) is 25.7 Å². The standard InChI is InChI=1S/C32H57Cl2NO14/c1-2-3-4-5-6-7-8-9-10-11-12-13-14-15-20(39)19(16-36)35-31(18-38)32(46,27(44)28(33)34)26(43)24(42)30(49-31)48-25-21(17-37)47-29(45)23(41)22(25)40/h14-15,19-26,28-30,35-43,45-46H,2-13,16-18H2,1H3/b15-14+/t19-,20+,21+,22+,23+,24+,25+,26-,29+,30-,31+,32-/m0/s1. The fourth-order valence-corrected chi connectivity index (χ4v) is 6.52. The van der Waals surface area contributed by atoms with Gasteiger partial charge in [0.25, 0.3) is 0 Å². The van der Waals surface area contributed by atoms with Crippen LogP contribution in [-0.4, -0.2) is 154 Å². The van der Waals surface area contributed by atoms with E-state index >= 15 is 0 Å². The van der Waals surface area contributed by atoms with E-state index in [0.29, 0.717) is 6.42 Å². The van der Waals surface area contributed by atoms with Crippen molar-refractivity contribution in [3.63, 3.8) is 0 Å². The third kappa shape index (κ3) is 11.5. The Labute approximate surface area is 297 Å². The van der Waals surface area contributed by atoms with Gasteiger partial charge in [-0.3, -0.25) is 10.1 Å². The minimum atomic E-state index is -3.34. The fraction of sp³-hybridized carbons (Fsp3) is 0.906. The zero-order valence-corrected chi connectivity index (χ0v) is 29.5. The van der Waals surface area contributed by atoms with Gasteiger partial charge in [0.15, 0.2) is 28.7 Å². The smallest absolute Gasteiger partial charge is 0.204 e. The van der Waals surface area contributed by atoms with Crippen molar-refractivity contribution in [3.05, 3.63) is 12.2 Å². The number of nitrogens with one attached hydrogen (secondary N) is 1. The first-order valence-electron chi connectivity index (χ1n) is 17.1. The third-order valence-electron chi connectivity index (χ3n) is 9.23. The van der Waals surface area contributed by atoms with Crippen LogP contribution in [-0.2, 0) is 19.0 Å². The zero-order valence-electron chi connectivity index (χ0n) is 28.0. The lowest BCUT2D eigenvalue weighted by Gasteiger charge is -2.56. The number of Topliss-reactive ketones (excluding diaryl/α,β-unsaturated/α-hetero) is 1. The summed E-state index contributed by atoms with van der Waals surface area (Å²) in [5, 5.41) is 108. The van der Waals surface area contributed by atoms with Crippen LogP contribution in [0, 0.1) is 0 Å². The predicted octanol–water partition coefficient (Wildman–Crippen LogP) is -0.758. The van der Waals surface area contributed by atoms with Crippen LogP contribution in [0.2, 0.25) is 0 Å². The molecule has 2 aliphatic heterocycles. The summed E-state index contributed by atoms with van der Waals surface area (Å²) in [7, 11) is 0. The van der Waals surface area contributed by atoms with Crippen molar-refractivity contribution in [2.75, 3.05) is 19.8 Å². The molecule has 11 N–H and O–H groups in total. The van der Waals surface area contributed by atoms with Crippen molar-refractivity contribution in [1.82, 2.24) is 5.32 Å². The summed E-state index contributed by atoms with van der Waals surface area (Å²) >= 11 is 11.5. The van der Waals surface area contributed by atoms with Crippen molar-refractivity contribution in [2.24, 2.45) is 0 Å². The van der Waals surface area contributed by atoms with Gasteiger partial charge in [-0.15, -0.1) is 0 Å². The monoisotopic (exact) mass is 749 g/mol. The van der Waals surface area contributed by atoms with E-state index in [1.165, 1.54) is 51.0 Å². The molecule has 2 saturated heterocycles. The molecule has 0 radical (unpaired) electrons. The average molecular weight is 751 g/mol. The van der Waals surface area contributed by atoms with E-state index in [-0.39, 0.29) is 0 Å². The first-order chi connectivity index (χ1) is 23.3. The highest BCUT2D eigenvalue weighted by molar-refractivity contribution is 6.54. The molecule has 2 aliphatic rings. The topological polar surface area (TPSA) is 259 Å². The number of unbranched alkanes of at least 4 members (excludes halogenated alkanes) is 11. The molecule has 2 heterocycles. The van der Waals surface area contributed by atoms with Gasteiger partial charge >= 0.3 is 0 Å². The lowest BCUT2D eigenvalue weighted by molar-refractivity contribution is -0.394. The van der Waals surface area contributed by atoms with Gasteiger partial charge in [0.05, 0.1) is 32.0 Å². The first-order valence-corrected chi connectivity index (χ1v) is 18.0. The Balaban J connectivity index is 2.16. The molecule has 0 unspecified atom stereocenters. The van der Waals surface area contributed by atoms with Crippen molar-refractivity contribution in [1.29, 1.82) is 0 Å². The van der Waals surface area contributed by atoms with Crippen LogP contribution < -0.4 is 5.32 Å². The van der Waals surface area contributed by atoms with Crippen LogP contribution >= 0.6 is 23.2 Å². The number of carbonyl (C=O) groups is 1. The van der Waals surface area contributed by atoms with Crippen LogP contribution in [0.3, 0.4) is 0 Å². The minimum absolute atomic E-state index is 0.607. The number of alkyl halides is 2. The van der Waals surface area contributed by atoms with Crippen LogP contribution in [0.15, 0.2) is 12.2 Å². The van der Waals surface area contributed by atoms with E-state index in [2.05, 4.69) is 12.2 Å². The first kappa shape index (κ1) is 44.6. The number of hydrogen-bond acceptors (Lipinski definition) is 15. The van der Waals surface area contributed by atoms with Gasteiger partial charge in [-0.25, -0.2) is 0 Å². The Morgan fingerprint density at radius 2 is 1.47 bits per heavy atom. The molecule has 0 bridgehead atoms. The molecule has 288 valence electrons. The molecular weight excluding hydrogens is 693 g/mol. The molecule has 0 aromatic carbocycles. The minimum Gasteiger partial charge on any atom is -0.395 e. The maximum absolute atomic E-state index is 13.2. The Hall–Kier alpha value is -0.570. The SMILES string of the molecule is CCCCCCCCCCCCC/C=C/[C@@H](O)[C@H](CO)N[C@]1(CO)O[C@H](O[C@H]2[C@H](O)[C@@H](O)[C@H](O)O[C@@H]2CO)[C@H](O)[C@H](O)[C@]1(O)C(=O)C(Cl)Cl. The summed E-state index contributed by atoms with van der Waals surface area (Å²) in [5.41, 5.74) is -6.23. The Morgan fingerprint density at radius 3 is 1.98 bits per heavy atom. The molecule has 0 amide bonds. The number of hydrogen-bond donors (Lipinski definition) is 11. The van der Waals surface area contributed by atoms with Crippen molar-refractivity contribution in [3.8, 4) is 0 Å². The predicted molar refractivity (Wildman–Crippen MR) is 177 cm³/mol. The van der Waals surface area contributed by atoms with E-state index in [1.807, 2.05) is 0 Å². The normalized spacial score (nSPS) is 35.2. The molecule has 12 atom stereocenters. The fourth-order valence-electron chi connectivity index (χ4n) is 6.18. The van der Waals surface area contributed by atoms with Crippen LogP contribution in [0.5, 0.6) is 0 Å². The van der Waals surface area contributed by atoms with Crippen LogP contribution in [0.1, 0.15) is 84.0 Å². The maximum Gasteiger partial charge on any atom is 0.204 e. The summed E-state index contributed by atoms with van der Waals surface area (Å²) in [5.74, 6) is -1.53. The van der Waals surface area contributed by atoms with Crippen LogP contribution in [0.25, 0.3) is 0 Å². The Kier molecular flexibility index (Phi) is 19.9. The van der Waals surface area contributed by atoms with E-state index in [1.54, 1.807) is 6.08 Å². The van der Waals surface area contributed by atoms with Gasteiger partial charge in [0.1, 0.15) is 36.6 Å². The number of allylic oxidation sites excluding steroid dienone is 1. The summed E-state index contributed by atoms with van der Waals surface area (Å²) in [6, 6.07) is -1.47. The van der Waals surface area contributed by atoms with Crippen molar-refractivity contribution < 1.29 is 70.1 Å². The molecule has 0 aromatic heterocycles. The number of ether oxygens (including phenoxy) is 3. The van der Waals surface area contributed by atoms with Gasteiger partial charge in [-0.05, 0) is 12.8 Å². The second-order valence-electron chi connectivity index (χ2n) is 12.8. The maximum atomic E-state index is 13.2. The number of aliphatic hydroxyl groups is 10. The van der Waals surface area contributed by atoms with E-state index < -0.39 is 103 Å². The Bertz CT molecular complexity index is 982. The average Bonchev–Trinajstić information content (AvgIpc) is 3.09. The number of halogens is 2. The molecule has 2 rings (SSSR count). The van der Waals surface area contributed by atoms with Gasteiger partial charge in [-0.2, -0.15) is 0 Å². The summed E-state index contributed by atoms with van der Waals surface area (Å²) < 4.78 is 16.3. The number of rotatable bonds is 23. The molecule has 0 spiro atoms. The van der Waals surface area contributed by atoms with Gasteiger partial charge in [-0.1, -0.05) is 106 Å². The second-order valence-corrected chi connectivity index (χ2v) is 13.9. The van der Waals surface area contributed by atoms with Crippen molar-refractivity contribution >= 4 is 29.0 Å². The highest BCUT2D eigenvalue weighted by Crippen LogP contribution is 2.41. The highest BCUT2D eigenvalue weighted by Gasteiger charge is 2.69. The molecule has 49 heavy (non-hydrogen) atoms. The summed E-state index contributed by atoms with van der Waals surface area (Å²) in [6.07, 6.45) is -1.11. The number of aliphatic hydroxyl groups excluding tert-OH is 9. The van der Waals surface area contributed by atoms with Gasteiger partial charge < -0.3 is 65.3 Å². The highest BCUT2D eigenvalue weighted by atomic mass is 35.5. The molecule has 17 heteroatoms. The second kappa shape index (κ2) is 21.8. The third-order valence-corrected chi connectivity index (χ3v) is 9.62. The summed E-state index contributed by atoms with van der Waals surface area (Å²) in [4.78, 5) is 11.1. The zero-order chi connectivity index (χ0) is 36.8. The largest absolute Gasteiger partial charge is 0.395 e. The molecule has 15 nitrogen and oxygen atoms in total. The molecular formula is C32H57Cl2NO14. The van der Waals surface area contributed by atoms with E-state index in [4.69, 9.17) is 37.4 Å². The van der Waals surface area contributed by atoms with Crippen LogP contribution in [0.4, 0.5) is 0 Å². The van der Waals surface area contributed by atoms with Gasteiger partial charge in [0, 0.05) is 0 Å². The lowest BCUT2D eigenvalue weighted by atomic mass is 9.76.